The SMILES string of the molecule is Cc1ccc(-n2c(N3CCC(C(=O)NCc4ccc(F)cc4)CC3)nc3ccsc3c2=O)cc1. The first-order chi connectivity index (χ1) is 16.5. The molecule has 1 saturated heterocycles. The van der Waals surface area contributed by atoms with Crippen molar-refractivity contribution >= 4 is 33.4 Å². The Bertz CT molecular complexity index is 1370. The maximum absolute atomic E-state index is 13.4. The summed E-state index contributed by atoms with van der Waals surface area (Å²) in [7, 11) is 0. The highest BCUT2D eigenvalue weighted by atomic mass is 32.1. The predicted molar refractivity (Wildman–Crippen MR) is 133 cm³/mol. The maximum atomic E-state index is 13.4. The molecule has 0 aliphatic carbocycles. The third kappa shape index (κ3) is 4.46. The molecule has 0 unspecified atom stereocenters. The van der Waals surface area contributed by atoms with Gasteiger partial charge in [-0.2, -0.15) is 0 Å². The van der Waals surface area contributed by atoms with Crippen LogP contribution in [0.1, 0.15) is 24.0 Å². The lowest BCUT2D eigenvalue weighted by Gasteiger charge is -2.33. The summed E-state index contributed by atoms with van der Waals surface area (Å²) in [5, 5.41) is 4.85. The van der Waals surface area contributed by atoms with Gasteiger partial charge in [0.05, 0.1) is 11.2 Å². The van der Waals surface area contributed by atoms with Gasteiger partial charge in [0.25, 0.3) is 5.56 Å². The molecule has 1 fully saturated rings. The Balaban J connectivity index is 1.34. The fourth-order valence-corrected chi connectivity index (χ4v) is 5.08. The molecular formula is C26H25FN4O2S. The summed E-state index contributed by atoms with van der Waals surface area (Å²) in [5.41, 5.74) is 3.40. The van der Waals surface area contributed by atoms with Crippen LogP contribution in [0.4, 0.5) is 10.3 Å². The smallest absolute Gasteiger partial charge is 0.277 e. The van der Waals surface area contributed by atoms with Gasteiger partial charge in [0.15, 0.2) is 0 Å². The minimum Gasteiger partial charge on any atom is -0.352 e. The number of carbonyl (C=O) groups excluding carboxylic acids is 1. The zero-order valence-electron chi connectivity index (χ0n) is 18.8. The highest BCUT2D eigenvalue weighted by Gasteiger charge is 2.28. The third-order valence-electron chi connectivity index (χ3n) is 6.28. The predicted octanol–water partition coefficient (Wildman–Crippen LogP) is 4.43. The lowest BCUT2D eigenvalue weighted by Crippen LogP contribution is -2.42. The number of fused-ring (bicyclic) bond motifs is 1. The van der Waals surface area contributed by atoms with Gasteiger partial charge in [-0.1, -0.05) is 29.8 Å². The lowest BCUT2D eigenvalue weighted by atomic mass is 9.96. The van der Waals surface area contributed by atoms with Crippen LogP contribution in [0.5, 0.6) is 0 Å². The van der Waals surface area contributed by atoms with Crippen molar-refractivity contribution in [2.45, 2.75) is 26.3 Å². The highest BCUT2D eigenvalue weighted by molar-refractivity contribution is 7.17. The lowest BCUT2D eigenvalue weighted by molar-refractivity contribution is -0.125. The number of rotatable bonds is 5. The summed E-state index contributed by atoms with van der Waals surface area (Å²) in [5.74, 6) is 0.216. The van der Waals surface area contributed by atoms with E-state index in [-0.39, 0.29) is 23.2 Å². The van der Waals surface area contributed by atoms with Gasteiger partial charge in [0.2, 0.25) is 11.9 Å². The summed E-state index contributed by atoms with van der Waals surface area (Å²) in [6.45, 7) is 3.65. The number of hydrogen-bond donors (Lipinski definition) is 1. The van der Waals surface area contributed by atoms with Crippen LogP contribution in [0.25, 0.3) is 15.9 Å². The van der Waals surface area contributed by atoms with Gasteiger partial charge in [-0.15, -0.1) is 11.3 Å². The van der Waals surface area contributed by atoms with Crippen molar-refractivity contribution in [1.82, 2.24) is 14.9 Å². The van der Waals surface area contributed by atoms with Crippen LogP contribution in [0.2, 0.25) is 0 Å². The van der Waals surface area contributed by atoms with Gasteiger partial charge in [-0.05, 0) is 61.0 Å². The van der Waals surface area contributed by atoms with Crippen molar-refractivity contribution in [2.24, 2.45) is 5.92 Å². The average Bonchev–Trinajstić information content (AvgIpc) is 3.34. The van der Waals surface area contributed by atoms with Gasteiger partial charge in [-0.25, -0.2) is 13.9 Å². The van der Waals surface area contributed by atoms with E-state index in [2.05, 4.69) is 10.2 Å². The number of amides is 1. The van der Waals surface area contributed by atoms with Gasteiger partial charge in [0.1, 0.15) is 10.5 Å². The first kappa shape index (κ1) is 22.3. The van der Waals surface area contributed by atoms with E-state index in [1.54, 1.807) is 16.7 Å². The number of nitrogens with zero attached hydrogens (tertiary/aromatic N) is 3. The molecule has 1 aliphatic heterocycles. The number of piperidine rings is 1. The number of halogens is 1. The molecule has 2 aromatic heterocycles. The van der Waals surface area contributed by atoms with E-state index in [9.17, 15) is 14.0 Å². The van der Waals surface area contributed by atoms with Crippen LogP contribution in [0, 0.1) is 18.7 Å². The molecule has 0 saturated carbocycles. The average molecular weight is 477 g/mol. The van der Waals surface area contributed by atoms with Gasteiger partial charge >= 0.3 is 0 Å². The van der Waals surface area contributed by atoms with Crippen LogP contribution in [-0.2, 0) is 11.3 Å². The third-order valence-corrected chi connectivity index (χ3v) is 7.17. The van der Waals surface area contributed by atoms with Gasteiger partial charge in [-0.3, -0.25) is 9.59 Å². The zero-order chi connectivity index (χ0) is 23.7. The molecule has 174 valence electrons. The molecule has 0 spiro atoms. The molecule has 5 rings (SSSR count). The van der Waals surface area contributed by atoms with E-state index in [0.29, 0.717) is 48.6 Å². The van der Waals surface area contributed by atoms with Crippen LogP contribution in [0.15, 0.2) is 64.8 Å². The minimum absolute atomic E-state index is 0.00106. The topological polar surface area (TPSA) is 67.2 Å². The van der Waals surface area contributed by atoms with Crippen molar-refractivity contribution in [3.8, 4) is 5.69 Å². The molecule has 3 heterocycles. The molecule has 0 bridgehead atoms. The molecule has 1 N–H and O–H groups in total. The second-order valence-corrected chi connectivity index (χ2v) is 9.54. The largest absolute Gasteiger partial charge is 0.352 e. The summed E-state index contributed by atoms with van der Waals surface area (Å²) in [6.07, 6.45) is 1.33. The van der Waals surface area contributed by atoms with Gasteiger partial charge in [0, 0.05) is 25.6 Å². The molecule has 1 amide bonds. The molecule has 2 aromatic carbocycles. The van der Waals surface area contributed by atoms with Crippen LogP contribution >= 0.6 is 11.3 Å². The number of aryl methyl sites for hydroxylation is 1. The van der Waals surface area contributed by atoms with Crippen molar-refractivity contribution < 1.29 is 9.18 Å². The van der Waals surface area contributed by atoms with E-state index in [1.165, 1.54) is 23.5 Å². The molecule has 8 heteroatoms. The Labute approximate surface area is 200 Å². The Hall–Kier alpha value is -3.52. The van der Waals surface area contributed by atoms with E-state index >= 15 is 0 Å². The fraction of sp³-hybridized carbons (Fsp3) is 0.269. The highest BCUT2D eigenvalue weighted by Crippen LogP contribution is 2.26. The molecule has 34 heavy (non-hydrogen) atoms. The van der Waals surface area contributed by atoms with Crippen LogP contribution < -0.4 is 15.8 Å². The summed E-state index contributed by atoms with van der Waals surface area (Å²) >= 11 is 1.40. The molecular weight excluding hydrogens is 451 g/mol. The zero-order valence-corrected chi connectivity index (χ0v) is 19.6. The quantitative estimate of drug-likeness (QED) is 0.463. The Morgan fingerprint density at radius 1 is 1.09 bits per heavy atom. The number of benzene rings is 2. The van der Waals surface area contributed by atoms with Crippen LogP contribution in [-0.4, -0.2) is 28.5 Å². The number of nitrogens with one attached hydrogen (secondary N) is 1. The van der Waals surface area contributed by atoms with Gasteiger partial charge < -0.3 is 10.2 Å². The minimum atomic E-state index is -0.291. The number of hydrogen-bond acceptors (Lipinski definition) is 5. The molecule has 0 atom stereocenters. The molecule has 6 nitrogen and oxygen atoms in total. The Kier molecular flexibility index (Phi) is 6.15. The van der Waals surface area contributed by atoms with Crippen molar-refractivity contribution in [3.63, 3.8) is 0 Å². The number of anilines is 1. The normalized spacial score (nSPS) is 14.5. The monoisotopic (exact) mass is 476 g/mol. The second-order valence-electron chi connectivity index (χ2n) is 8.63. The first-order valence-corrected chi connectivity index (χ1v) is 12.2. The summed E-state index contributed by atoms with van der Waals surface area (Å²) < 4.78 is 15.4. The maximum Gasteiger partial charge on any atom is 0.277 e. The summed E-state index contributed by atoms with van der Waals surface area (Å²) in [6, 6.07) is 15.9. The van der Waals surface area contributed by atoms with Crippen LogP contribution in [0.3, 0.4) is 0 Å². The number of thiophene rings is 1. The summed E-state index contributed by atoms with van der Waals surface area (Å²) in [4.78, 5) is 33.0. The number of aromatic nitrogens is 2. The first-order valence-electron chi connectivity index (χ1n) is 11.3. The molecule has 4 aromatic rings. The van der Waals surface area contributed by atoms with E-state index < -0.39 is 0 Å². The fourth-order valence-electron chi connectivity index (χ4n) is 4.32. The Morgan fingerprint density at radius 3 is 2.50 bits per heavy atom. The molecule has 0 radical (unpaired) electrons. The van der Waals surface area contributed by atoms with E-state index in [4.69, 9.17) is 4.98 Å². The van der Waals surface area contributed by atoms with Crippen molar-refractivity contribution in [2.75, 3.05) is 18.0 Å². The van der Waals surface area contributed by atoms with Crippen molar-refractivity contribution in [3.05, 3.63) is 87.3 Å². The van der Waals surface area contributed by atoms with Crippen molar-refractivity contribution in [1.29, 1.82) is 0 Å². The van der Waals surface area contributed by atoms with E-state index in [1.807, 2.05) is 42.6 Å². The standard InChI is InChI=1S/C26H25FN4O2S/c1-17-2-8-21(9-3-17)31-25(33)23-22(12-15-34-23)29-26(31)30-13-10-19(11-14-30)24(32)28-16-18-4-6-20(27)7-5-18/h2-9,12,15,19H,10-11,13-14,16H2,1H3,(H,28,32). The number of carbonyl (C=O) groups is 1. The Morgan fingerprint density at radius 2 is 1.79 bits per heavy atom. The molecule has 1 aliphatic rings. The van der Waals surface area contributed by atoms with E-state index in [0.717, 1.165) is 16.8 Å². The second kappa shape index (κ2) is 9.38.